The minimum atomic E-state index is -0.168. The van der Waals surface area contributed by atoms with Crippen LogP contribution in [0.1, 0.15) is 31.2 Å². The summed E-state index contributed by atoms with van der Waals surface area (Å²) in [6, 6.07) is 8.26. The zero-order chi connectivity index (χ0) is 20.4. The molecule has 3 aliphatic heterocycles. The highest BCUT2D eigenvalue weighted by Crippen LogP contribution is 2.42. The molecule has 1 N–H and O–H groups in total. The number of ether oxygens (including phenoxy) is 1. The van der Waals surface area contributed by atoms with Gasteiger partial charge in [-0.15, -0.1) is 0 Å². The van der Waals surface area contributed by atoms with E-state index < -0.39 is 0 Å². The molecule has 160 valence electrons. The second-order valence-corrected chi connectivity index (χ2v) is 9.46. The maximum Gasteiger partial charge on any atom is 0.226 e. The number of benzene rings is 1. The number of piperidine rings is 1. The van der Waals surface area contributed by atoms with Crippen molar-refractivity contribution in [3.63, 3.8) is 0 Å². The number of β-amino-alcohol motifs (C(OH)–C–C–N with tert-alkyl or cyclic N) is 1. The Morgan fingerprint density at radius 2 is 1.93 bits per heavy atom. The zero-order valence-corrected chi connectivity index (χ0v) is 17.8. The Morgan fingerprint density at radius 3 is 2.55 bits per heavy atom. The molecule has 1 aromatic rings. The predicted molar refractivity (Wildman–Crippen MR) is 114 cm³/mol. The lowest BCUT2D eigenvalue weighted by molar-refractivity contribution is -0.132. The zero-order valence-electron chi connectivity index (χ0n) is 17.8. The van der Waals surface area contributed by atoms with Crippen molar-refractivity contribution in [1.82, 2.24) is 9.80 Å². The second-order valence-electron chi connectivity index (χ2n) is 9.46. The third-order valence-corrected chi connectivity index (χ3v) is 6.98. The molecule has 6 nitrogen and oxygen atoms in total. The van der Waals surface area contributed by atoms with Crippen LogP contribution in [0.4, 0.5) is 5.69 Å². The lowest BCUT2D eigenvalue weighted by Crippen LogP contribution is -2.44. The monoisotopic (exact) mass is 401 g/mol. The first-order chi connectivity index (χ1) is 13.9. The van der Waals surface area contributed by atoms with E-state index in [1.165, 1.54) is 0 Å². The van der Waals surface area contributed by atoms with Gasteiger partial charge in [0.2, 0.25) is 5.91 Å². The summed E-state index contributed by atoms with van der Waals surface area (Å²) < 4.78 is 6.13. The number of rotatable bonds is 5. The average molecular weight is 402 g/mol. The number of carbonyl (C=O) groups is 1. The second kappa shape index (κ2) is 8.62. The fourth-order valence-corrected chi connectivity index (χ4v) is 5.06. The van der Waals surface area contributed by atoms with Gasteiger partial charge in [-0.05, 0) is 48.8 Å². The Labute approximate surface area is 174 Å². The highest BCUT2D eigenvalue weighted by Gasteiger charge is 2.43. The molecule has 3 aliphatic rings. The van der Waals surface area contributed by atoms with Crippen molar-refractivity contribution in [1.29, 1.82) is 0 Å². The summed E-state index contributed by atoms with van der Waals surface area (Å²) >= 11 is 0. The number of aliphatic hydroxyl groups is 1. The van der Waals surface area contributed by atoms with Crippen LogP contribution in [0, 0.1) is 5.41 Å². The van der Waals surface area contributed by atoms with Crippen molar-refractivity contribution in [2.45, 2.75) is 44.3 Å². The SMILES string of the molecule is CN(C)c1ccc(CC(=O)N2CCC3(CC2)CO[C@@H](CN2CC[C@@H](O)C2)C3)cc1. The van der Waals surface area contributed by atoms with Crippen LogP contribution in [0.25, 0.3) is 0 Å². The smallest absolute Gasteiger partial charge is 0.226 e. The maximum atomic E-state index is 12.8. The highest BCUT2D eigenvalue weighted by molar-refractivity contribution is 5.79. The molecule has 0 bridgehead atoms. The number of nitrogens with zero attached hydrogens (tertiary/aromatic N) is 3. The van der Waals surface area contributed by atoms with E-state index in [-0.39, 0.29) is 23.5 Å². The molecular weight excluding hydrogens is 366 g/mol. The van der Waals surface area contributed by atoms with Gasteiger partial charge in [0.05, 0.1) is 25.2 Å². The van der Waals surface area contributed by atoms with Crippen molar-refractivity contribution in [3.05, 3.63) is 29.8 Å². The van der Waals surface area contributed by atoms with E-state index in [0.29, 0.717) is 6.42 Å². The van der Waals surface area contributed by atoms with Gasteiger partial charge in [-0.1, -0.05) is 12.1 Å². The molecule has 0 saturated carbocycles. The summed E-state index contributed by atoms with van der Waals surface area (Å²) in [6.07, 6.45) is 4.64. The fourth-order valence-electron chi connectivity index (χ4n) is 5.06. The number of hydrogen-bond acceptors (Lipinski definition) is 5. The van der Waals surface area contributed by atoms with Crippen molar-refractivity contribution in [3.8, 4) is 0 Å². The van der Waals surface area contributed by atoms with Gasteiger partial charge in [0.1, 0.15) is 0 Å². The van der Waals surface area contributed by atoms with E-state index in [4.69, 9.17) is 4.74 Å². The summed E-state index contributed by atoms with van der Waals surface area (Å²) in [6.45, 7) is 5.20. The van der Waals surface area contributed by atoms with Gasteiger partial charge >= 0.3 is 0 Å². The van der Waals surface area contributed by atoms with Crippen LogP contribution in [0.15, 0.2) is 24.3 Å². The molecule has 0 radical (unpaired) electrons. The first kappa shape index (κ1) is 20.6. The maximum absolute atomic E-state index is 12.8. The molecular formula is C23H35N3O3. The number of aliphatic hydroxyl groups excluding tert-OH is 1. The molecule has 3 saturated heterocycles. The van der Waals surface area contributed by atoms with Crippen molar-refractivity contribution >= 4 is 11.6 Å². The van der Waals surface area contributed by atoms with Crippen LogP contribution < -0.4 is 4.90 Å². The largest absolute Gasteiger partial charge is 0.392 e. The van der Waals surface area contributed by atoms with Gasteiger partial charge < -0.3 is 19.6 Å². The molecule has 0 aliphatic carbocycles. The molecule has 1 spiro atoms. The summed E-state index contributed by atoms with van der Waals surface area (Å²) in [5, 5.41) is 9.72. The Morgan fingerprint density at radius 1 is 1.21 bits per heavy atom. The van der Waals surface area contributed by atoms with Crippen LogP contribution in [-0.2, 0) is 16.0 Å². The van der Waals surface area contributed by atoms with E-state index in [1.807, 2.05) is 19.0 Å². The van der Waals surface area contributed by atoms with Crippen LogP contribution in [-0.4, -0.2) is 86.4 Å². The quantitative estimate of drug-likeness (QED) is 0.815. The molecule has 0 aromatic heterocycles. The van der Waals surface area contributed by atoms with E-state index in [9.17, 15) is 9.90 Å². The Bertz CT molecular complexity index is 698. The molecule has 6 heteroatoms. The van der Waals surface area contributed by atoms with Gasteiger partial charge in [-0.25, -0.2) is 0 Å². The van der Waals surface area contributed by atoms with Crippen LogP contribution in [0.3, 0.4) is 0 Å². The van der Waals surface area contributed by atoms with Gasteiger partial charge in [-0.2, -0.15) is 0 Å². The van der Waals surface area contributed by atoms with E-state index in [0.717, 1.165) is 76.3 Å². The van der Waals surface area contributed by atoms with Crippen LogP contribution >= 0.6 is 0 Å². The number of carbonyl (C=O) groups excluding carboxylic acids is 1. The predicted octanol–water partition coefficient (Wildman–Crippen LogP) is 1.76. The normalized spacial score (nSPS) is 26.9. The van der Waals surface area contributed by atoms with Gasteiger partial charge in [0.25, 0.3) is 0 Å². The van der Waals surface area contributed by atoms with Crippen molar-refractivity contribution in [2.75, 3.05) is 58.3 Å². The molecule has 29 heavy (non-hydrogen) atoms. The number of likely N-dealkylation sites (tertiary alicyclic amines) is 2. The van der Waals surface area contributed by atoms with Crippen molar-refractivity contribution < 1.29 is 14.6 Å². The Kier molecular flexibility index (Phi) is 6.13. The first-order valence-corrected chi connectivity index (χ1v) is 11.0. The molecule has 4 rings (SSSR count). The lowest BCUT2D eigenvalue weighted by atomic mass is 9.76. The third kappa shape index (κ3) is 4.93. The lowest BCUT2D eigenvalue weighted by Gasteiger charge is -2.38. The average Bonchev–Trinajstić information content (AvgIpc) is 3.29. The Hall–Kier alpha value is -1.63. The first-order valence-electron chi connectivity index (χ1n) is 11.0. The summed E-state index contributed by atoms with van der Waals surface area (Å²) in [7, 11) is 4.05. The molecule has 1 amide bonds. The van der Waals surface area contributed by atoms with E-state index in [1.54, 1.807) is 0 Å². The van der Waals surface area contributed by atoms with E-state index >= 15 is 0 Å². The summed E-state index contributed by atoms with van der Waals surface area (Å²) in [5.74, 6) is 0.235. The van der Waals surface area contributed by atoms with Crippen LogP contribution in [0.5, 0.6) is 0 Å². The topological polar surface area (TPSA) is 56.2 Å². The summed E-state index contributed by atoms with van der Waals surface area (Å²) in [5.41, 5.74) is 2.48. The number of anilines is 1. The highest BCUT2D eigenvalue weighted by atomic mass is 16.5. The van der Waals surface area contributed by atoms with Gasteiger partial charge in [-0.3, -0.25) is 9.69 Å². The third-order valence-electron chi connectivity index (χ3n) is 6.98. The molecule has 1 aromatic carbocycles. The number of amides is 1. The van der Waals surface area contributed by atoms with E-state index in [2.05, 4.69) is 34.1 Å². The summed E-state index contributed by atoms with van der Waals surface area (Å²) in [4.78, 5) is 19.2. The minimum Gasteiger partial charge on any atom is -0.392 e. The molecule has 3 heterocycles. The molecule has 2 atom stereocenters. The minimum absolute atomic E-state index is 0.168. The number of hydrogen-bond donors (Lipinski definition) is 1. The van der Waals surface area contributed by atoms with Gasteiger partial charge in [0, 0.05) is 52.5 Å². The standard InChI is InChI=1S/C23H35N3O3/c1-24(2)19-5-3-18(4-6-19)13-22(28)26-11-8-23(9-12-26)14-21(29-17-23)16-25-10-7-20(27)15-25/h3-6,20-21,27H,7-17H2,1-2H3/t20-,21-/m1/s1. The van der Waals surface area contributed by atoms with Gasteiger partial charge in [0.15, 0.2) is 0 Å². The van der Waals surface area contributed by atoms with Crippen molar-refractivity contribution in [2.24, 2.45) is 5.41 Å². The fraction of sp³-hybridized carbons (Fsp3) is 0.696. The van der Waals surface area contributed by atoms with Crippen LogP contribution in [0.2, 0.25) is 0 Å². The molecule has 3 fully saturated rings. The molecule has 0 unspecified atom stereocenters. The Balaban J connectivity index is 1.24.